The molecule has 0 aromatic carbocycles. The van der Waals surface area contributed by atoms with Gasteiger partial charge in [0.05, 0.1) is 13.5 Å². The van der Waals surface area contributed by atoms with E-state index in [9.17, 15) is 4.79 Å². The monoisotopic (exact) mass is 250 g/mol. The van der Waals surface area contributed by atoms with E-state index in [-0.39, 0.29) is 5.97 Å². The summed E-state index contributed by atoms with van der Waals surface area (Å²) in [5, 5.41) is 3.53. The van der Waals surface area contributed by atoms with Gasteiger partial charge in [-0.3, -0.25) is 4.79 Å². The van der Waals surface area contributed by atoms with Crippen molar-refractivity contribution in [2.45, 2.75) is 45.2 Å². The first-order valence-corrected chi connectivity index (χ1v) is 6.73. The van der Waals surface area contributed by atoms with Crippen LogP contribution in [0.4, 0.5) is 0 Å². The van der Waals surface area contributed by atoms with Crippen LogP contribution in [0.15, 0.2) is 12.4 Å². The van der Waals surface area contributed by atoms with E-state index < -0.39 is 0 Å². The fourth-order valence-corrected chi connectivity index (χ4v) is 2.66. The Hall–Kier alpha value is -1.29. The van der Waals surface area contributed by atoms with Gasteiger partial charge in [0, 0.05) is 25.0 Å². The molecular formula is C14H22N2O2. The number of carbonyl (C=O) groups excluding carboxylic acids is 1. The normalized spacial score (nSPS) is 18.4. The van der Waals surface area contributed by atoms with Gasteiger partial charge >= 0.3 is 5.97 Å². The lowest BCUT2D eigenvalue weighted by Gasteiger charge is -2.22. The highest BCUT2D eigenvalue weighted by molar-refractivity contribution is 5.69. The van der Waals surface area contributed by atoms with Gasteiger partial charge in [-0.25, -0.2) is 0 Å². The summed E-state index contributed by atoms with van der Waals surface area (Å²) in [7, 11) is 1.43. The van der Waals surface area contributed by atoms with Crippen LogP contribution in [0.3, 0.4) is 0 Å². The van der Waals surface area contributed by atoms with Crippen molar-refractivity contribution in [2.24, 2.45) is 0 Å². The number of rotatable bonds is 5. The number of nitrogens with zero attached hydrogens (tertiary/aromatic N) is 1. The Bertz CT molecular complexity index is 412. The summed E-state index contributed by atoms with van der Waals surface area (Å²) in [5.41, 5.74) is 2.84. The number of aromatic nitrogens is 1. The zero-order chi connectivity index (χ0) is 13.0. The van der Waals surface area contributed by atoms with Gasteiger partial charge in [0.15, 0.2) is 0 Å². The van der Waals surface area contributed by atoms with Crippen LogP contribution >= 0.6 is 0 Å². The molecule has 0 saturated heterocycles. The van der Waals surface area contributed by atoms with E-state index in [0.717, 1.165) is 13.0 Å². The Balaban J connectivity index is 2.04. The molecule has 0 fully saturated rings. The van der Waals surface area contributed by atoms with Gasteiger partial charge < -0.3 is 14.6 Å². The van der Waals surface area contributed by atoms with Gasteiger partial charge in [-0.1, -0.05) is 6.92 Å². The van der Waals surface area contributed by atoms with Crippen LogP contribution < -0.4 is 5.32 Å². The molecule has 100 valence electrons. The van der Waals surface area contributed by atoms with E-state index in [1.165, 1.54) is 31.1 Å². The predicted molar refractivity (Wildman–Crippen MR) is 70.4 cm³/mol. The average Bonchev–Trinajstić information content (AvgIpc) is 2.80. The van der Waals surface area contributed by atoms with E-state index in [1.54, 1.807) is 0 Å². The maximum atomic E-state index is 11.1. The van der Waals surface area contributed by atoms with Crippen molar-refractivity contribution >= 4 is 5.97 Å². The first-order chi connectivity index (χ1) is 8.74. The zero-order valence-electron chi connectivity index (χ0n) is 11.2. The molecule has 4 nitrogen and oxygen atoms in total. The molecule has 2 rings (SSSR count). The van der Waals surface area contributed by atoms with Crippen LogP contribution in [0.1, 0.15) is 43.4 Å². The second kappa shape index (κ2) is 6.05. The fourth-order valence-electron chi connectivity index (χ4n) is 2.66. The SMILES string of the molecule is CCNC1CCCc2cn(CCC(=O)OC)cc21. The molecular weight excluding hydrogens is 228 g/mol. The summed E-state index contributed by atoms with van der Waals surface area (Å²) in [6, 6.07) is 0.484. The molecule has 0 spiro atoms. The van der Waals surface area contributed by atoms with Crippen molar-refractivity contribution in [3.05, 3.63) is 23.5 Å². The largest absolute Gasteiger partial charge is 0.469 e. The number of methoxy groups -OCH3 is 1. The minimum atomic E-state index is -0.148. The number of carbonyl (C=O) groups is 1. The summed E-state index contributed by atoms with van der Waals surface area (Å²) < 4.78 is 6.79. The summed E-state index contributed by atoms with van der Waals surface area (Å²) in [4.78, 5) is 11.1. The van der Waals surface area contributed by atoms with Crippen LogP contribution in [0, 0.1) is 0 Å². The first kappa shape index (κ1) is 13.1. The molecule has 18 heavy (non-hydrogen) atoms. The lowest BCUT2D eigenvalue weighted by atomic mass is 9.91. The molecule has 0 radical (unpaired) electrons. The molecule has 0 aliphatic heterocycles. The summed E-state index contributed by atoms with van der Waals surface area (Å²) in [6.07, 6.45) is 8.42. The van der Waals surface area contributed by atoms with E-state index in [0.29, 0.717) is 19.0 Å². The molecule has 0 amide bonds. The van der Waals surface area contributed by atoms with Gasteiger partial charge in [0.1, 0.15) is 0 Å². The molecule has 1 heterocycles. The van der Waals surface area contributed by atoms with E-state index >= 15 is 0 Å². The number of aryl methyl sites for hydroxylation is 2. The van der Waals surface area contributed by atoms with Gasteiger partial charge in [0.25, 0.3) is 0 Å². The zero-order valence-corrected chi connectivity index (χ0v) is 11.2. The molecule has 1 atom stereocenters. The van der Waals surface area contributed by atoms with Crippen LogP contribution in [-0.2, 0) is 22.5 Å². The summed E-state index contributed by atoms with van der Waals surface area (Å²) >= 11 is 0. The van der Waals surface area contributed by atoms with Crippen molar-refractivity contribution in [3.63, 3.8) is 0 Å². The second-order valence-corrected chi connectivity index (χ2v) is 4.81. The Morgan fingerprint density at radius 3 is 3.11 bits per heavy atom. The molecule has 1 unspecified atom stereocenters. The van der Waals surface area contributed by atoms with Crippen LogP contribution in [-0.4, -0.2) is 24.2 Å². The quantitative estimate of drug-likeness (QED) is 0.813. The molecule has 1 aliphatic rings. The van der Waals surface area contributed by atoms with Crippen molar-refractivity contribution in [3.8, 4) is 0 Å². The highest BCUT2D eigenvalue weighted by Gasteiger charge is 2.21. The third kappa shape index (κ3) is 2.93. The molecule has 1 aromatic heterocycles. The third-order valence-electron chi connectivity index (χ3n) is 3.56. The van der Waals surface area contributed by atoms with Crippen molar-refractivity contribution in [1.82, 2.24) is 9.88 Å². The second-order valence-electron chi connectivity index (χ2n) is 4.81. The topological polar surface area (TPSA) is 43.3 Å². The number of ether oxygens (including phenoxy) is 1. The van der Waals surface area contributed by atoms with Crippen LogP contribution in [0.5, 0.6) is 0 Å². The highest BCUT2D eigenvalue weighted by atomic mass is 16.5. The molecule has 0 bridgehead atoms. The molecule has 1 aliphatic carbocycles. The molecule has 0 saturated carbocycles. The molecule has 1 aromatic rings. The number of esters is 1. The average molecular weight is 250 g/mol. The maximum absolute atomic E-state index is 11.1. The molecule has 1 N–H and O–H groups in total. The predicted octanol–water partition coefficient (Wildman–Crippen LogP) is 2.04. The highest BCUT2D eigenvalue weighted by Crippen LogP contribution is 2.30. The first-order valence-electron chi connectivity index (χ1n) is 6.73. The minimum absolute atomic E-state index is 0.148. The Morgan fingerprint density at radius 2 is 2.39 bits per heavy atom. The number of fused-ring (bicyclic) bond motifs is 1. The lowest BCUT2D eigenvalue weighted by molar-refractivity contribution is -0.140. The standard InChI is InChI=1S/C14H22N2O2/c1-3-15-13-6-4-5-11-9-16(10-12(11)13)8-7-14(17)18-2/h9-10,13,15H,3-8H2,1-2H3. The van der Waals surface area contributed by atoms with E-state index in [4.69, 9.17) is 0 Å². The summed E-state index contributed by atoms with van der Waals surface area (Å²) in [5.74, 6) is -0.148. The van der Waals surface area contributed by atoms with E-state index in [2.05, 4.69) is 33.9 Å². The maximum Gasteiger partial charge on any atom is 0.307 e. The minimum Gasteiger partial charge on any atom is -0.469 e. The Kier molecular flexibility index (Phi) is 4.42. The number of nitrogens with one attached hydrogen (secondary N) is 1. The lowest BCUT2D eigenvalue weighted by Crippen LogP contribution is -2.23. The van der Waals surface area contributed by atoms with Gasteiger partial charge in [-0.05, 0) is 36.9 Å². The van der Waals surface area contributed by atoms with Gasteiger partial charge in [0.2, 0.25) is 0 Å². The van der Waals surface area contributed by atoms with Gasteiger partial charge in [-0.15, -0.1) is 0 Å². The van der Waals surface area contributed by atoms with Gasteiger partial charge in [-0.2, -0.15) is 0 Å². The van der Waals surface area contributed by atoms with E-state index in [1.807, 2.05) is 0 Å². The molecule has 4 heteroatoms. The fraction of sp³-hybridized carbons (Fsp3) is 0.643. The van der Waals surface area contributed by atoms with Crippen molar-refractivity contribution < 1.29 is 9.53 Å². The van der Waals surface area contributed by atoms with Crippen molar-refractivity contribution in [2.75, 3.05) is 13.7 Å². The van der Waals surface area contributed by atoms with Crippen LogP contribution in [0.25, 0.3) is 0 Å². The number of hydrogen-bond donors (Lipinski definition) is 1. The smallest absolute Gasteiger partial charge is 0.307 e. The van der Waals surface area contributed by atoms with Crippen LogP contribution in [0.2, 0.25) is 0 Å². The Morgan fingerprint density at radius 1 is 1.56 bits per heavy atom. The summed E-state index contributed by atoms with van der Waals surface area (Å²) in [6.45, 7) is 3.85. The van der Waals surface area contributed by atoms with Crippen molar-refractivity contribution in [1.29, 1.82) is 0 Å². The third-order valence-corrected chi connectivity index (χ3v) is 3.56. The Labute approximate surface area is 108 Å². The number of hydrogen-bond acceptors (Lipinski definition) is 3.